The molecule has 1 spiro atoms. The van der Waals surface area contributed by atoms with Crippen LogP contribution in [0.5, 0.6) is 5.75 Å². The lowest BCUT2D eigenvalue weighted by atomic mass is 9.55. The minimum absolute atomic E-state index is 0.00624. The van der Waals surface area contributed by atoms with Crippen LogP contribution in [0.25, 0.3) is 0 Å². The van der Waals surface area contributed by atoms with E-state index in [2.05, 4.69) is 12.2 Å². The number of aryl methyl sites for hydroxylation is 1. The number of rotatable bonds is 6. The molecule has 7 rings (SSSR count). The molecule has 1 aromatic carbocycles. The lowest BCUT2D eigenvalue weighted by Gasteiger charge is -2.51. The zero-order valence-electron chi connectivity index (χ0n) is 33.2. The summed E-state index contributed by atoms with van der Waals surface area (Å²) in [7, 11) is 1.48. The number of hydrogen-bond acceptors (Lipinski definition) is 12. The molecule has 3 aliphatic heterocycles. The number of hydrogen-bond donors (Lipinski definition) is 3. The largest absolute Gasteiger partial charge is 0.505 e. The topological polar surface area (TPSA) is 184 Å². The molecule has 2 fully saturated rings. The third-order valence-corrected chi connectivity index (χ3v) is 13.3. The number of aliphatic carboxylic acids is 1. The predicted molar refractivity (Wildman–Crippen MR) is 204 cm³/mol. The van der Waals surface area contributed by atoms with Gasteiger partial charge in [-0.2, -0.15) is 0 Å². The van der Waals surface area contributed by atoms with E-state index in [-0.39, 0.29) is 47.8 Å². The zero-order chi connectivity index (χ0) is 40.8. The summed E-state index contributed by atoms with van der Waals surface area (Å²) in [5.74, 6) is -6.05. The maximum absolute atomic E-state index is 14.6. The second kappa shape index (κ2) is 16.1. The molecule has 13 nitrogen and oxygen atoms in total. The zero-order valence-corrected chi connectivity index (χ0v) is 33.2. The van der Waals surface area contributed by atoms with Gasteiger partial charge in [-0.1, -0.05) is 62.3 Å². The van der Waals surface area contributed by atoms with Gasteiger partial charge >= 0.3 is 23.9 Å². The maximum atomic E-state index is 14.6. The highest BCUT2D eigenvalue weighted by Crippen LogP contribution is 2.55. The van der Waals surface area contributed by atoms with E-state index in [0.29, 0.717) is 37.0 Å². The number of methoxy groups -OCH3 is 1. The molecule has 0 aromatic heterocycles. The number of allylic oxidation sites excluding steroid dienone is 2. The highest BCUT2D eigenvalue weighted by Gasteiger charge is 2.60. The fourth-order valence-electron chi connectivity index (χ4n) is 10.2. The fourth-order valence-corrected chi connectivity index (χ4v) is 10.2. The summed E-state index contributed by atoms with van der Waals surface area (Å²) < 4.78 is 35.9. The Labute approximate surface area is 332 Å². The molecule has 1 saturated carbocycles. The monoisotopic (exact) mass is 790 g/mol. The first kappa shape index (κ1) is 40.7. The first-order valence-corrected chi connectivity index (χ1v) is 20.2. The SMILES string of the molecule is COc1cccc(C)c1C(=O)O[C@@H]1[C@H](O)C[C@H](O[C@@H]2CCC[C@@H]3[C@@H]2C=C[C@@H]2CCCC/C=C\[C@@H]4C=C(C(=O)O)[C@H](C)C[C@@]45OC(=O)C(=C5O)OC(=O)[C@@]23C)O[C@@H]1C. The quantitative estimate of drug-likeness (QED) is 0.163. The summed E-state index contributed by atoms with van der Waals surface area (Å²) in [5, 5.41) is 32.8. The van der Waals surface area contributed by atoms with E-state index in [1.807, 2.05) is 13.0 Å². The van der Waals surface area contributed by atoms with Crippen LogP contribution in [0.1, 0.15) is 94.5 Å². The maximum Gasteiger partial charge on any atom is 0.379 e. The smallest absolute Gasteiger partial charge is 0.379 e. The van der Waals surface area contributed by atoms with Crippen molar-refractivity contribution in [3.8, 4) is 5.75 Å². The summed E-state index contributed by atoms with van der Waals surface area (Å²) in [5.41, 5.74) is -1.59. The van der Waals surface area contributed by atoms with E-state index >= 15 is 0 Å². The third kappa shape index (κ3) is 7.31. The van der Waals surface area contributed by atoms with Crippen molar-refractivity contribution in [1.82, 2.24) is 0 Å². The van der Waals surface area contributed by atoms with Gasteiger partial charge in [-0.3, -0.25) is 4.79 Å². The van der Waals surface area contributed by atoms with Gasteiger partial charge in [-0.25, -0.2) is 14.4 Å². The standard InChI is InChI=1S/C44H54O13/c1-23-12-10-17-33(52-5)35(23)40(49)55-36-25(3)53-34(21-31(36)45)54-32-16-11-15-30-28(32)19-18-26-13-8-6-7-9-14-27-20-29(39(47)48)24(2)22-44(27)38(46)37(41(50)57-44)56-42(51)43(26,30)4/h9-10,12,14,17-20,24-28,30-32,34,36,45-46H,6-8,11,13,15-16,21-22H2,1-5H3,(H,47,48)/b14-9-/t24-,25-,26+,27-,28+,30-,31-,32-,34+,36+,43+,44-/m1/s1. The minimum Gasteiger partial charge on any atom is -0.505 e. The number of esters is 3. The number of carbonyl (C=O) groups is 4. The Morgan fingerprint density at radius 3 is 2.54 bits per heavy atom. The summed E-state index contributed by atoms with van der Waals surface area (Å²) in [6, 6.07) is 5.24. The predicted octanol–water partition coefficient (Wildman–Crippen LogP) is 6.42. The van der Waals surface area contributed by atoms with Crippen molar-refractivity contribution in [2.24, 2.45) is 35.0 Å². The molecule has 3 N–H and O–H groups in total. The van der Waals surface area contributed by atoms with Gasteiger partial charge in [0.2, 0.25) is 0 Å². The van der Waals surface area contributed by atoms with Crippen LogP contribution in [0.4, 0.5) is 0 Å². The molecule has 1 aromatic rings. The number of fused-ring (bicyclic) bond motifs is 3. The van der Waals surface area contributed by atoms with Gasteiger partial charge in [0, 0.05) is 30.3 Å². The Kier molecular flexibility index (Phi) is 11.5. The van der Waals surface area contributed by atoms with Crippen LogP contribution < -0.4 is 4.74 Å². The molecular weight excluding hydrogens is 736 g/mol. The highest BCUT2D eigenvalue weighted by molar-refractivity contribution is 5.95. The van der Waals surface area contributed by atoms with Crippen LogP contribution in [-0.4, -0.2) is 82.6 Å². The molecule has 12 atom stereocenters. The third-order valence-electron chi connectivity index (χ3n) is 13.3. The number of carbonyl (C=O) groups excluding carboxylic acids is 3. The normalized spacial score (nSPS) is 38.6. The van der Waals surface area contributed by atoms with Gasteiger partial charge in [0.25, 0.3) is 5.76 Å². The summed E-state index contributed by atoms with van der Waals surface area (Å²) >= 11 is 0. The van der Waals surface area contributed by atoms with Gasteiger partial charge in [-0.05, 0) is 82.3 Å². The summed E-state index contributed by atoms with van der Waals surface area (Å²) in [4.78, 5) is 53.5. The van der Waals surface area contributed by atoms with E-state index in [4.69, 9.17) is 28.4 Å². The fraction of sp³-hybridized carbons (Fsp3) is 0.591. The molecule has 308 valence electrons. The van der Waals surface area contributed by atoms with Crippen molar-refractivity contribution >= 4 is 23.9 Å². The molecule has 57 heavy (non-hydrogen) atoms. The minimum atomic E-state index is -1.60. The van der Waals surface area contributed by atoms with Crippen molar-refractivity contribution in [1.29, 1.82) is 0 Å². The van der Waals surface area contributed by atoms with Crippen molar-refractivity contribution < 1.29 is 62.9 Å². The Bertz CT molecular complexity index is 1880. The first-order valence-electron chi connectivity index (χ1n) is 20.2. The van der Waals surface area contributed by atoms with Crippen LogP contribution in [0.2, 0.25) is 0 Å². The van der Waals surface area contributed by atoms with Gasteiger partial charge in [0.15, 0.2) is 23.8 Å². The van der Waals surface area contributed by atoms with Crippen molar-refractivity contribution in [2.75, 3.05) is 7.11 Å². The molecule has 0 radical (unpaired) electrons. The molecular formula is C44H54O13. The Morgan fingerprint density at radius 1 is 1.02 bits per heavy atom. The molecule has 6 aliphatic rings. The molecule has 3 aliphatic carbocycles. The Balaban J connectivity index is 1.11. The number of carboxylic acid groups (broad SMARTS) is 1. The number of aliphatic hydroxyl groups excluding tert-OH is 2. The van der Waals surface area contributed by atoms with Gasteiger partial charge in [-0.15, -0.1) is 0 Å². The van der Waals surface area contributed by atoms with E-state index in [9.17, 15) is 34.5 Å². The molecule has 1 saturated heterocycles. The lowest BCUT2D eigenvalue weighted by Crippen LogP contribution is -2.54. The number of ether oxygens (including phenoxy) is 6. The van der Waals surface area contributed by atoms with Crippen LogP contribution in [0.3, 0.4) is 0 Å². The first-order chi connectivity index (χ1) is 27.2. The summed E-state index contributed by atoms with van der Waals surface area (Å²) in [6.07, 6.45) is 10.6. The number of carboxylic acids is 1. The molecule has 13 heteroatoms. The molecule has 0 unspecified atom stereocenters. The second-order valence-corrected chi connectivity index (χ2v) is 16.8. The van der Waals surface area contributed by atoms with E-state index in [0.717, 1.165) is 19.3 Å². The second-order valence-electron chi connectivity index (χ2n) is 16.8. The van der Waals surface area contributed by atoms with E-state index in [1.165, 1.54) is 13.2 Å². The van der Waals surface area contributed by atoms with Crippen LogP contribution in [0.15, 0.2) is 65.7 Å². The number of aliphatic hydroxyl groups is 2. The highest BCUT2D eigenvalue weighted by atomic mass is 16.7. The van der Waals surface area contributed by atoms with Gasteiger partial charge in [0.05, 0.1) is 30.8 Å². The number of benzene rings is 1. The molecule has 0 amide bonds. The molecule has 3 heterocycles. The average molecular weight is 791 g/mol. The molecule has 2 bridgehead atoms. The van der Waals surface area contributed by atoms with Crippen LogP contribution in [-0.2, 0) is 38.1 Å². The van der Waals surface area contributed by atoms with E-state index < -0.39 is 82.8 Å². The van der Waals surface area contributed by atoms with Crippen molar-refractivity contribution in [2.45, 2.75) is 122 Å². The summed E-state index contributed by atoms with van der Waals surface area (Å²) in [6.45, 7) is 7.08. The Morgan fingerprint density at radius 2 is 1.81 bits per heavy atom. The van der Waals surface area contributed by atoms with E-state index in [1.54, 1.807) is 45.0 Å². The van der Waals surface area contributed by atoms with Crippen molar-refractivity contribution in [3.05, 3.63) is 76.8 Å². The average Bonchev–Trinajstić information content (AvgIpc) is 3.39. The Hall–Kier alpha value is -4.46. The van der Waals surface area contributed by atoms with Gasteiger partial charge in [0.1, 0.15) is 11.3 Å². The van der Waals surface area contributed by atoms with Crippen molar-refractivity contribution in [3.63, 3.8) is 0 Å². The van der Waals surface area contributed by atoms with Crippen LogP contribution >= 0.6 is 0 Å². The van der Waals surface area contributed by atoms with Crippen LogP contribution in [0, 0.1) is 41.9 Å². The van der Waals surface area contributed by atoms with Gasteiger partial charge < -0.3 is 43.7 Å². The lowest BCUT2D eigenvalue weighted by molar-refractivity contribution is -0.269.